The maximum atomic E-state index is 14.3. The number of carbonyl (C=O) groups excluding carboxylic acids is 3. The van der Waals surface area contributed by atoms with E-state index in [-0.39, 0.29) is 37.2 Å². The van der Waals surface area contributed by atoms with Gasteiger partial charge in [0.15, 0.2) is 17.3 Å². The number of fused-ring (bicyclic) bond motifs is 1. The molecule has 11 heteroatoms. The Hall–Kier alpha value is -3.96. The lowest BCUT2D eigenvalue weighted by Gasteiger charge is -2.32. The Bertz CT molecular complexity index is 1560. The average Bonchev–Trinajstić information content (AvgIpc) is 3.13. The predicted octanol–water partition coefficient (Wildman–Crippen LogP) is 4.72. The van der Waals surface area contributed by atoms with Crippen LogP contribution in [0.4, 0.5) is 5.69 Å². The molecule has 4 rings (SSSR count). The van der Waals surface area contributed by atoms with Crippen molar-refractivity contribution in [2.75, 3.05) is 39.4 Å². The maximum absolute atomic E-state index is 14.3. The van der Waals surface area contributed by atoms with E-state index in [4.69, 9.17) is 36.3 Å². The second-order valence-electron chi connectivity index (χ2n) is 11.2. The minimum absolute atomic E-state index is 0.00219. The SMILES string of the molecule is COC(=O)c1ccc(C(=O)C[C@H]2O[C@H](c3cccc(OC)c3OC)c3cc(Cl)ccc3N(CC(C)(C)CO)C2=O)cc1CN. The van der Waals surface area contributed by atoms with Crippen molar-refractivity contribution < 1.29 is 38.4 Å². The number of hydrogen-bond acceptors (Lipinski definition) is 9. The molecule has 3 aromatic rings. The molecule has 0 aliphatic carbocycles. The van der Waals surface area contributed by atoms with Gasteiger partial charge in [0.1, 0.15) is 12.2 Å². The summed E-state index contributed by atoms with van der Waals surface area (Å²) in [5.74, 6) is -0.563. The van der Waals surface area contributed by atoms with Gasteiger partial charge in [0.25, 0.3) is 5.91 Å². The van der Waals surface area contributed by atoms with Crippen molar-refractivity contribution in [3.8, 4) is 11.5 Å². The lowest BCUT2D eigenvalue weighted by molar-refractivity contribution is -0.132. The second kappa shape index (κ2) is 13.8. The number of hydrogen-bond donors (Lipinski definition) is 2. The van der Waals surface area contributed by atoms with E-state index < -0.39 is 35.3 Å². The quantitative estimate of drug-likeness (QED) is 0.229. The van der Waals surface area contributed by atoms with E-state index in [0.29, 0.717) is 38.9 Å². The fraction of sp³-hybridized carbons (Fsp3) is 0.364. The van der Waals surface area contributed by atoms with Crippen LogP contribution in [0.3, 0.4) is 0 Å². The van der Waals surface area contributed by atoms with Crippen LogP contribution in [0.15, 0.2) is 54.6 Å². The van der Waals surface area contributed by atoms with Gasteiger partial charge in [0, 0.05) is 58.9 Å². The Morgan fingerprint density at radius 2 is 1.80 bits per heavy atom. The number of esters is 1. The molecule has 0 aromatic heterocycles. The summed E-state index contributed by atoms with van der Waals surface area (Å²) in [4.78, 5) is 41.7. The first-order chi connectivity index (χ1) is 21.0. The van der Waals surface area contributed by atoms with Crippen molar-refractivity contribution in [1.29, 1.82) is 0 Å². The van der Waals surface area contributed by atoms with E-state index in [0.717, 1.165) is 0 Å². The Morgan fingerprint density at radius 1 is 1.05 bits per heavy atom. The number of carbonyl (C=O) groups is 3. The summed E-state index contributed by atoms with van der Waals surface area (Å²) in [5.41, 5.74) is 7.80. The van der Waals surface area contributed by atoms with Crippen LogP contribution in [0.1, 0.15) is 63.8 Å². The topological polar surface area (TPSA) is 138 Å². The summed E-state index contributed by atoms with van der Waals surface area (Å²) in [5, 5.41) is 10.5. The molecule has 1 aliphatic rings. The fourth-order valence-corrected chi connectivity index (χ4v) is 5.42. The van der Waals surface area contributed by atoms with Crippen LogP contribution in [0, 0.1) is 5.41 Å². The molecular weight excluding hydrogens is 588 g/mol. The molecular formula is C33H37ClN2O8. The number of nitrogens with two attached hydrogens (primary N) is 1. The normalized spacial score (nSPS) is 16.6. The van der Waals surface area contributed by atoms with Crippen LogP contribution in [0.25, 0.3) is 0 Å². The van der Waals surface area contributed by atoms with Crippen molar-refractivity contribution in [1.82, 2.24) is 0 Å². The summed E-state index contributed by atoms with van der Waals surface area (Å²) in [6.45, 7) is 3.62. The van der Waals surface area contributed by atoms with Crippen molar-refractivity contribution in [2.45, 2.75) is 39.0 Å². The number of ether oxygens (including phenoxy) is 4. The highest BCUT2D eigenvalue weighted by atomic mass is 35.5. The van der Waals surface area contributed by atoms with Gasteiger partial charge < -0.3 is 34.7 Å². The number of benzene rings is 3. The molecule has 0 bridgehead atoms. The van der Waals surface area contributed by atoms with Crippen LogP contribution in [0.2, 0.25) is 5.02 Å². The van der Waals surface area contributed by atoms with Gasteiger partial charge in [0.05, 0.1) is 26.9 Å². The first-order valence-corrected chi connectivity index (χ1v) is 14.4. The fourth-order valence-electron chi connectivity index (χ4n) is 5.24. The number of halogens is 1. The number of para-hydroxylation sites is 1. The number of aliphatic hydroxyl groups excluding tert-OH is 1. The predicted molar refractivity (Wildman–Crippen MR) is 166 cm³/mol. The van der Waals surface area contributed by atoms with Crippen LogP contribution in [-0.2, 0) is 20.8 Å². The lowest BCUT2D eigenvalue weighted by Crippen LogP contribution is -2.45. The summed E-state index contributed by atoms with van der Waals surface area (Å²) in [7, 11) is 4.29. The molecule has 0 saturated carbocycles. The summed E-state index contributed by atoms with van der Waals surface area (Å²) in [6.07, 6.45) is -2.45. The third-order valence-corrected chi connectivity index (χ3v) is 7.79. The monoisotopic (exact) mass is 624 g/mol. The second-order valence-corrected chi connectivity index (χ2v) is 11.7. The molecule has 234 valence electrons. The molecule has 3 aromatic carbocycles. The smallest absolute Gasteiger partial charge is 0.338 e. The van der Waals surface area contributed by atoms with Gasteiger partial charge in [-0.05, 0) is 42.0 Å². The van der Waals surface area contributed by atoms with Crippen LogP contribution in [-0.4, -0.2) is 63.4 Å². The third kappa shape index (κ3) is 6.73. The number of nitrogens with zero attached hydrogens (tertiary/aromatic N) is 1. The number of anilines is 1. The van der Waals surface area contributed by atoms with Gasteiger partial charge in [-0.25, -0.2) is 4.79 Å². The molecule has 1 amide bonds. The molecule has 0 spiro atoms. The van der Waals surface area contributed by atoms with Crippen molar-refractivity contribution in [3.05, 3.63) is 87.4 Å². The zero-order chi connectivity index (χ0) is 32.2. The highest BCUT2D eigenvalue weighted by molar-refractivity contribution is 6.30. The Kier molecular flexibility index (Phi) is 10.3. The van der Waals surface area contributed by atoms with Gasteiger partial charge in [-0.1, -0.05) is 43.6 Å². The Labute approximate surface area is 261 Å². The van der Waals surface area contributed by atoms with E-state index in [1.165, 1.54) is 44.4 Å². The van der Waals surface area contributed by atoms with Gasteiger partial charge >= 0.3 is 5.97 Å². The zero-order valence-corrected chi connectivity index (χ0v) is 26.1. The molecule has 44 heavy (non-hydrogen) atoms. The molecule has 1 heterocycles. The number of amides is 1. The molecule has 3 N–H and O–H groups in total. The zero-order valence-electron chi connectivity index (χ0n) is 25.4. The average molecular weight is 625 g/mol. The van der Waals surface area contributed by atoms with Gasteiger partial charge in [0.2, 0.25) is 0 Å². The number of aliphatic hydroxyl groups is 1. The highest BCUT2D eigenvalue weighted by Gasteiger charge is 2.40. The molecule has 2 atom stereocenters. The van der Waals surface area contributed by atoms with Crippen LogP contribution in [0.5, 0.6) is 11.5 Å². The first-order valence-electron chi connectivity index (χ1n) is 14.0. The minimum Gasteiger partial charge on any atom is -0.493 e. The van der Waals surface area contributed by atoms with Crippen LogP contribution >= 0.6 is 11.6 Å². The molecule has 1 aliphatic heterocycles. The summed E-state index contributed by atoms with van der Waals surface area (Å²) >= 11 is 6.48. The van der Waals surface area contributed by atoms with Crippen molar-refractivity contribution in [2.24, 2.45) is 11.1 Å². The number of rotatable bonds is 11. The molecule has 10 nitrogen and oxygen atoms in total. The van der Waals surface area contributed by atoms with E-state index in [2.05, 4.69) is 0 Å². The molecule has 0 radical (unpaired) electrons. The third-order valence-electron chi connectivity index (χ3n) is 7.56. The summed E-state index contributed by atoms with van der Waals surface area (Å²) in [6, 6.07) is 15.0. The van der Waals surface area contributed by atoms with Crippen molar-refractivity contribution in [3.63, 3.8) is 0 Å². The summed E-state index contributed by atoms with van der Waals surface area (Å²) < 4.78 is 22.6. The van der Waals surface area contributed by atoms with E-state index in [1.807, 2.05) is 13.8 Å². The number of methoxy groups -OCH3 is 3. The Morgan fingerprint density at radius 3 is 2.43 bits per heavy atom. The maximum Gasteiger partial charge on any atom is 0.338 e. The molecule has 0 fully saturated rings. The Balaban J connectivity index is 1.85. The molecule has 0 unspecified atom stereocenters. The van der Waals surface area contributed by atoms with E-state index in [1.54, 1.807) is 36.4 Å². The largest absolute Gasteiger partial charge is 0.493 e. The lowest BCUT2D eigenvalue weighted by atomic mass is 9.92. The van der Waals surface area contributed by atoms with Gasteiger partial charge in [-0.2, -0.15) is 0 Å². The standard InChI is InChI=1S/C33H37ClN2O8/c1-33(2,18-37)17-36-25-12-10-21(34)14-24(25)29(23-7-6-8-27(41-3)30(23)42-4)44-28(31(36)39)15-26(38)19-9-11-22(32(40)43-5)20(13-19)16-35/h6-14,28-29,37H,15-18,35H2,1-5H3/t28-,29-/m1/s1. The number of Topliss-reactive ketones (excluding diaryl/α,β-unsaturated/α-hetero) is 1. The molecule has 0 saturated heterocycles. The van der Waals surface area contributed by atoms with E-state index >= 15 is 0 Å². The van der Waals surface area contributed by atoms with Crippen molar-refractivity contribution >= 4 is 34.9 Å². The first kappa shape index (κ1) is 32.9. The van der Waals surface area contributed by atoms with Gasteiger partial charge in [-0.15, -0.1) is 0 Å². The van der Waals surface area contributed by atoms with Gasteiger partial charge in [-0.3, -0.25) is 9.59 Å². The minimum atomic E-state index is -1.24. The van der Waals surface area contributed by atoms with Crippen LogP contribution < -0.4 is 20.1 Å². The highest BCUT2D eigenvalue weighted by Crippen LogP contribution is 2.45. The van der Waals surface area contributed by atoms with E-state index in [9.17, 15) is 19.5 Å². The number of ketones is 1.